The van der Waals surface area contributed by atoms with Crippen LogP contribution in [-0.2, 0) is 0 Å². The maximum atomic E-state index is 9.66. The summed E-state index contributed by atoms with van der Waals surface area (Å²) in [6, 6.07) is 0. The summed E-state index contributed by atoms with van der Waals surface area (Å²) < 4.78 is 0. The second kappa shape index (κ2) is 4.24. The van der Waals surface area contributed by atoms with Gasteiger partial charge in [-0.2, -0.15) is 0 Å². The van der Waals surface area contributed by atoms with E-state index in [2.05, 4.69) is 0 Å². The first-order chi connectivity index (χ1) is 5.64. The highest BCUT2D eigenvalue weighted by molar-refractivity contribution is 4.76. The molecular weight excluding hydrogens is 150 g/mol. The summed E-state index contributed by atoms with van der Waals surface area (Å²) in [7, 11) is 0. The number of aliphatic hydroxyl groups is 1. The molecule has 0 aromatic carbocycles. The molecule has 1 aliphatic carbocycles. The molecule has 1 fully saturated rings. The van der Waals surface area contributed by atoms with Crippen LogP contribution in [0.15, 0.2) is 0 Å². The lowest BCUT2D eigenvalue weighted by Crippen LogP contribution is -2.34. The van der Waals surface area contributed by atoms with Crippen molar-refractivity contribution < 1.29 is 5.11 Å². The van der Waals surface area contributed by atoms with Gasteiger partial charge in [0, 0.05) is 6.54 Å². The quantitative estimate of drug-likeness (QED) is 0.676. The molecule has 0 aromatic heterocycles. The molecule has 72 valence electrons. The zero-order chi connectivity index (χ0) is 9.03. The lowest BCUT2D eigenvalue weighted by atomic mass is 9.93. The van der Waals surface area contributed by atoms with Gasteiger partial charge in [0.1, 0.15) is 0 Å². The molecule has 2 heteroatoms. The molecule has 0 radical (unpaired) electrons. The normalized spacial score (nSPS) is 24.2. The fraction of sp³-hybridized carbons (Fsp3) is 1.00. The van der Waals surface area contributed by atoms with Gasteiger partial charge < -0.3 is 10.8 Å². The second-order valence-electron chi connectivity index (χ2n) is 4.39. The topological polar surface area (TPSA) is 46.2 Å². The third-order valence-corrected chi connectivity index (χ3v) is 3.01. The van der Waals surface area contributed by atoms with Crippen molar-refractivity contribution in [1.82, 2.24) is 0 Å². The minimum Gasteiger partial charge on any atom is -0.389 e. The van der Waals surface area contributed by atoms with Crippen molar-refractivity contribution in [2.45, 2.75) is 51.0 Å². The van der Waals surface area contributed by atoms with Crippen LogP contribution in [-0.4, -0.2) is 17.3 Å². The summed E-state index contributed by atoms with van der Waals surface area (Å²) in [6.07, 6.45) is 7.52. The van der Waals surface area contributed by atoms with Crippen LogP contribution in [0.4, 0.5) is 0 Å². The average molecular weight is 171 g/mol. The van der Waals surface area contributed by atoms with E-state index >= 15 is 0 Å². The van der Waals surface area contributed by atoms with E-state index in [1.54, 1.807) is 0 Å². The molecule has 0 amide bonds. The van der Waals surface area contributed by atoms with Crippen LogP contribution in [0.3, 0.4) is 0 Å². The maximum Gasteiger partial charge on any atom is 0.0741 e. The molecule has 0 heterocycles. The van der Waals surface area contributed by atoms with Crippen molar-refractivity contribution in [2.75, 3.05) is 6.54 Å². The van der Waals surface area contributed by atoms with Gasteiger partial charge in [-0.3, -0.25) is 0 Å². The number of rotatable bonds is 4. The first kappa shape index (κ1) is 10.0. The first-order valence-electron chi connectivity index (χ1n) is 5.06. The van der Waals surface area contributed by atoms with Crippen molar-refractivity contribution in [2.24, 2.45) is 11.7 Å². The minimum absolute atomic E-state index is 0.389. The summed E-state index contributed by atoms with van der Waals surface area (Å²) in [5.41, 5.74) is 4.82. The highest BCUT2D eigenvalue weighted by Crippen LogP contribution is 2.30. The first-order valence-corrected chi connectivity index (χ1v) is 5.06. The zero-order valence-electron chi connectivity index (χ0n) is 8.05. The number of hydrogen-bond donors (Lipinski definition) is 2. The number of hydrogen-bond acceptors (Lipinski definition) is 2. The van der Waals surface area contributed by atoms with E-state index in [-0.39, 0.29) is 0 Å². The Balaban J connectivity index is 2.15. The van der Waals surface area contributed by atoms with Crippen LogP contribution in [0, 0.1) is 5.92 Å². The molecular formula is C10H21NO. The zero-order valence-corrected chi connectivity index (χ0v) is 8.05. The lowest BCUT2D eigenvalue weighted by molar-refractivity contribution is 0.0531. The van der Waals surface area contributed by atoms with E-state index in [0.29, 0.717) is 6.54 Å². The second-order valence-corrected chi connectivity index (χ2v) is 4.39. The summed E-state index contributed by atoms with van der Waals surface area (Å²) >= 11 is 0. The minimum atomic E-state index is -0.622. The van der Waals surface area contributed by atoms with E-state index in [1.807, 2.05) is 6.92 Å². The summed E-state index contributed by atoms with van der Waals surface area (Å²) in [6.45, 7) is 2.22. The Morgan fingerprint density at radius 3 is 2.50 bits per heavy atom. The Hall–Kier alpha value is -0.0800. The Morgan fingerprint density at radius 2 is 2.00 bits per heavy atom. The van der Waals surface area contributed by atoms with E-state index in [4.69, 9.17) is 5.73 Å². The third-order valence-electron chi connectivity index (χ3n) is 3.01. The van der Waals surface area contributed by atoms with Gasteiger partial charge >= 0.3 is 0 Å². The lowest BCUT2D eigenvalue weighted by Gasteiger charge is -2.22. The summed E-state index contributed by atoms with van der Waals surface area (Å²) in [5.74, 6) is 0.864. The molecule has 0 aliphatic heterocycles. The Bertz CT molecular complexity index is 128. The van der Waals surface area contributed by atoms with E-state index < -0.39 is 5.60 Å². The van der Waals surface area contributed by atoms with Crippen LogP contribution < -0.4 is 5.73 Å². The summed E-state index contributed by atoms with van der Waals surface area (Å²) in [4.78, 5) is 0. The van der Waals surface area contributed by atoms with Gasteiger partial charge in [-0.05, 0) is 25.7 Å². The molecule has 0 spiro atoms. The predicted octanol–water partition coefficient (Wildman–Crippen LogP) is 1.67. The Kier molecular flexibility index (Phi) is 3.53. The smallest absolute Gasteiger partial charge is 0.0741 e. The molecule has 0 aromatic rings. The van der Waals surface area contributed by atoms with Gasteiger partial charge in [0.25, 0.3) is 0 Å². The van der Waals surface area contributed by atoms with Gasteiger partial charge in [0.05, 0.1) is 5.60 Å². The fourth-order valence-electron chi connectivity index (χ4n) is 1.92. The molecule has 1 aliphatic rings. The van der Waals surface area contributed by atoms with Gasteiger partial charge in [0.2, 0.25) is 0 Å². The van der Waals surface area contributed by atoms with Crippen molar-refractivity contribution in [3.63, 3.8) is 0 Å². The van der Waals surface area contributed by atoms with Crippen molar-refractivity contribution in [3.05, 3.63) is 0 Å². The van der Waals surface area contributed by atoms with Crippen LogP contribution in [0.25, 0.3) is 0 Å². The molecule has 1 rings (SSSR count). The fourth-order valence-corrected chi connectivity index (χ4v) is 1.92. The van der Waals surface area contributed by atoms with E-state index in [0.717, 1.165) is 18.8 Å². The molecule has 12 heavy (non-hydrogen) atoms. The maximum absolute atomic E-state index is 9.66. The van der Waals surface area contributed by atoms with Gasteiger partial charge in [0.15, 0.2) is 0 Å². The van der Waals surface area contributed by atoms with Crippen LogP contribution in [0.2, 0.25) is 0 Å². The monoisotopic (exact) mass is 171 g/mol. The van der Waals surface area contributed by atoms with Crippen molar-refractivity contribution in [3.8, 4) is 0 Å². The largest absolute Gasteiger partial charge is 0.389 e. The van der Waals surface area contributed by atoms with Gasteiger partial charge in [-0.1, -0.05) is 25.7 Å². The molecule has 1 unspecified atom stereocenters. The molecule has 0 bridgehead atoms. The highest BCUT2D eigenvalue weighted by atomic mass is 16.3. The molecule has 2 nitrogen and oxygen atoms in total. The standard InChI is InChI=1S/C10H21NO/c1-10(12,8-11)7-6-9-4-2-3-5-9/h9,12H,2-8,11H2,1H3. The van der Waals surface area contributed by atoms with Gasteiger partial charge in [-0.25, -0.2) is 0 Å². The Morgan fingerprint density at radius 1 is 1.42 bits per heavy atom. The molecule has 3 N–H and O–H groups in total. The average Bonchev–Trinajstić information content (AvgIpc) is 2.53. The van der Waals surface area contributed by atoms with Crippen molar-refractivity contribution in [1.29, 1.82) is 0 Å². The molecule has 1 atom stereocenters. The third kappa shape index (κ3) is 3.11. The SMILES string of the molecule is CC(O)(CN)CCC1CCCC1. The van der Waals surface area contributed by atoms with Gasteiger partial charge in [-0.15, -0.1) is 0 Å². The Labute approximate surface area is 75.2 Å². The van der Waals surface area contributed by atoms with E-state index in [9.17, 15) is 5.11 Å². The molecule has 1 saturated carbocycles. The number of nitrogens with two attached hydrogens (primary N) is 1. The van der Waals surface area contributed by atoms with Crippen molar-refractivity contribution >= 4 is 0 Å². The van der Waals surface area contributed by atoms with E-state index in [1.165, 1.54) is 25.7 Å². The molecule has 0 saturated heterocycles. The summed E-state index contributed by atoms with van der Waals surface area (Å²) in [5, 5.41) is 9.66. The predicted molar refractivity (Wildman–Crippen MR) is 50.9 cm³/mol. The highest BCUT2D eigenvalue weighted by Gasteiger charge is 2.22. The van der Waals surface area contributed by atoms with Crippen LogP contribution in [0.5, 0.6) is 0 Å². The van der Waals surface area contributed by atoms with Crippen LogP contribution >= 0.6 is 0 Å². The van der Waals surface area contributed by atoms with Crippen LogP contribution in [0.1, 0.15) is 45.4 Å².